The summed E-state index contributed by atoms with van der Waals surface area (Å²) in [5.74, 6) is -0.0502. The molecule has 0 radical (unpaired) electrons. The van der Waals surface area contributed by atoms with Gasteiger partial charge in [-0.15, -0.1) is 0 Å². The molecule has 0 aromatic rings. The van der Waals surface area contributed by atoms with Crippen molar-refractivity contribution in [1.29, 1.82) is 0 Å². The van der Waals surface area contributed by atoms with Crippen molar-refractivity contribution in [3.8, 4) is 0 Å². The van der Waals surface area contributed by atoms with Crippen LogP contribution in [0.5, 0.6) is 0 Å². The fourth-order valence-corrected chi connectivity index (χ4v) is 12.8. The van der Waals surface area contributed by atoms with E-state index >= 15 is 0 Å². The summed E-state index contributed by atoms with van der Waals surface area (Å²) in [7, 11) is 0. The lowest BCUT2D eigenvalue weighted by molar-refractivity contribution is -0.143. The summed E-state index contributed by atoms with van der Waals surface area (Å²) in [5.41, 5.74) is 0. The zero-order chi connectivity index (χ0) is 63.5. The first-order valence-electron chi connectivity index (χ1n) is 40.3. The summed E-state index contributed by atoms with van der Waals surface area (Å²) < 4.78 is 5.51. The Balaban J connectivity index is 3.42. The Morgan fingerprint density at radius 3 is 0.864 bits per heavy atom. The Kier molecular flexibility index (Phi) is 75.8. The number of amides is 1. The molecule has 0 fully saturated rings. The van der Waals surface area contributed by atoms with Crippen molar-refractivity contribution in [3.63, 3.8) is 0 Å². The van der Waals surface area contributed by atoms with Crippen molar-refractivity contribution < 1.29 is 24.5 Å². The molecule has 0 aliphatic carbocycles. The van der Waals surface area contributed by atoms with Gasteiger partial charge >= 0.3 is 5.97 Å². The second kappa shape index (κ2) is 77.5. The number of unbranched alkanes of at least 4 members (excludes halogenated alkanes) is 61. The maximum Gasteiger partial charge on any atom is 0.305 e. The average molecular weight is 1240 g/mol. The molecule has 2 atom stereocenters. The van der Waals surface area contributed by atoms with E-state index in [1.54, 1.807) is 6.08 Å². The van der Waals surface area contributed by atoms with Crippen LogP contribution in [0.15, 0.2) is 36.5 Å². The third-order valence-electron chi connectivity index (χ3n) is 18.9. The number of aliphatic hydroxyl groups excluding tert-OH is 2. The fourth-order valence-electron chi connectivity index (χ4n) is 12.8. The molecule has 520 valence electrons. The molecule has 3 N–H and O–H groups in total. The number of esters is 1. The van der Waals surface area contributed by atoms with E-state index in [0.29, 0.717) is 19.4 Å². The van der Waals surface area contributed by atoms with Gasteiger partial charge in [0, 0.05) is 12.8 Å². The number of hydrogen-bond acceptors (Lipinski definition) is 5. The van der Waals surface area contributed by atoms with Gasteiger partial charge in [-0.05, 0) is 64.2 Å². The third-order valence-corrected chi connectivity index (χ3v) is 18.9. The van der Waals surface area contributed by atoms with Crippen LogP contribution in [0, 0.1) is 0 Å². The average Bonchev–Trinajstić information content (AvgIpc) is 3.58. The van der Waals surface area contributed by atoms with Gasteiger partial charge in [-0.1, -0.05) is 410 Å². The van der Waals surface area contributed by atoms with Crippen LogP contribution in [-0.4, -0.2) is 47.4 Å². The standard InChI is InChI=1S/C82H157NO5/c1-3-5-7-9-11-13-15-17-19-21-23-24-25-29-32-35-39-42-46-50-54-58-62-66-70-74-80(85)79(78-84)83-81(86)75-71-67-63-59-55-51-47-43-40-36-33-30-27-26-28-31-34-37-41-45-49-53-57-61-65-69-73-77-88-82(87)76-72-68-64-60-56-52-48-44-38-22-20-18-16-14-12-10-8-6-4-2/h26-27,31,34,70,74,79-80,84-85H,3-25,28-30,32-33,35-69,71-73,75-78H2,1-2H3,(H,83,86)/b27-26-,34-31-,74-70+. The highest BCUT2D eigenvalue weighted by Crippen LogP contribution is 2.20. The number of nitrogens with one attached hydrogen (secondary N) is 1. The molecule has 0 aliphatic rings. The maximum absolute atomic E-state index is 12.6. The minimum absolute atomic E-state index is 0.0160. The number of carbonyl (C=O) groups excluding carboxylic acids is 2. The van der Waals surface area contributed by atoms with Gasteiger partial charge in [-0.3, -0.25) is 9.59 Å². The van der Waals surface area contributed by atoms with Gasteiger partial charge in [-0.25, -0.2) is 0 Å². The van der Waals surface area contributed by atoms with Gasteiger partial charge in [0.2, 0.25) is 5.91 Å². The van der Waals surface area contributed by atoms with Crippen LogP contribution in [0.3, 0.4) is 0 Å². The highest BCUT2D eigenvalue weighted by Gasteiger charge is 2.18. The summed E-state index contributed by atoms with van der Waals surface area (Å²) in [6.45, 7) is 4.95. The number of carbonyl (C=O) groups is 2. The summed E-state index contributed by atoms with van der Waals surface area (Å²) in [4.78, 5) is 24.7. The minimum atomic E-state index is -0.849. The predicted octanol–water partition coefficient (Wildman–Crippen LogP) is 26.6. The van der Waals surface area contributed by atoms with E-state index in [-0.39, 0.29) is 18.5 Å². The van der Waals surface area contributed by atoms with Crippen LogP contribution in [0.4, 0.5) is 0 Å². The molecule has 88 heavy (non-hydrogen) atoms. The lowest BCUT2D eigenvalue weighted by Crippen LogP contribution is -2.45. The quantitative estimate of drug-likeness (QED) is 0.0320. The molecule has 0 aromatic heterocycles. The Morgan fingerprint density at radius 1 is 0.318 bits per heavy atom. The monoisotopic (exact) mass is 1240 g/mol. The van der Waals surface area contributed by atoms with Crippen LogP contribution < -0.4 is 5.32 Å². The molecular formula is C82H157NO5. The number of allylic oxidation sites excluding steroid dienone is 5. The van der Waals surface area contributed by atoms with Gasteiger partial charge < -0.3 is 20.3 Å². The Hall–Kier alpha value is -1.92. The molecule has 6 heteroatoms. The first-order valence-corrected chi connectivity index (χ1v) is 40.3. The first kappa shape index (κ1) is 86.1. The second-order valence-corrected chi connectivity index (χ2v) is 27.8. The molecule has 0 heterocycles. The molecule has 1 amide bonds. The van der Waals surface area contributed by atoms with Gasteiger partial charge in [0.25, 0.3) is 0 Å². The van der Waals surface area contributed by atoms with Crippen molar-refractivity contribution in [2.45, 2.75) is 463 Å². The number of aliphatic hydroxyl groups is 2. The lowest BCUT2D eigenvalue weighted by Gasteiger charge is -2.20. The zero-order valence-electron chi connectivity index (χ0n) is 59.7. The van der Waals surface area contributed by atoms with Crippen LogP contribution in [0.2, 0.25) is 0 Å². The van der Waals surface area contributed by atoms with E-state index in [4.69, 9.17) is 4.74 Å². The molecule has 0 bridgehead atoms. The molecule has 0 saturated carbocycles. The van der Waals surface area contributed by atoms with Crippen LogP contribution in [0.25, 0.3) is 0 Å². The fraction of sp³-hybridized carbons (Fsp3) is 0.902. The highest BCUT2D eigenvalue weighted by molar-refractivity contribution is 5.76. The van der Waals surface area contributed by atoms with Crippen LogP contribution >= 0.6 is 0 Å². The van der Waals surface area contributed by atoms with E-state index in [1.807, 2.05) is 6.08 Å². The minimum Gasteiger partial charge on any atom is -0.466 e. The summed E-state index contributed by atoms with van der Waals surface area (Å²) in [6, 6.07) is -0.633. The summed E-state index contributed by atoms with van der Waals surface area (Å²) >= 11 is 0. The first-order chi connectivity index (χ1) is 43.5. The SMILES string of the molecule is CCCCCCCCCCCCCCCCCCCCCCCCC/C=C/C(O)C(CO)NC(=O)CCCCCCCCCCCCC/C=C\C/C=C\CCCCCCCCCCCOC(=O)CCCCCCCCCCCCCCCCCCCCC. The van der Waals surface area contributed by atoms with Crippen molar-refractivity contribution in [2.24, 2.45) is 0 Å². The van der Waals surface area contributed by atoms with E-state index in [1.165, 1.54) is 379 Å². The molecule has 0 aliphatic heterocycles. The van der Waals surface area contributed by atoms with E-state index in [2.05, 4.69) is 43.5 Å². The van der Waals surface area contributed by atoms with Crippen molar-refractivity contribution in [3.05, 3.63) is 36.5 Å². The summed E-state index contributed by atoms with van der Waals surface area (Å²) in [5, 5.41) is 23.3. The normalized spacial score (nSPS) is 12.6. The predicted molar refractivity (Wildman–Crippen MR) is 389 cm³/mol. The number of rotatable bonds is 76. The van der Waals surface area contributed by atoms with Crippen molar-refractivity contribution in [1.82, 2.24) is 5.32 Å². The topological polar surface area (TPSA) is 95.9 Å². The van der Waals surface area contributed by atoms with E-state index < -0.39 is 12.1 Å². The van der Waals surface area contributed by atoms with E-state index in [9.17, 15) is 19.8 Å². The van der Waals surface area contributed by atoms with Gasteiger partial charge in [-0.2, -0.15) is 0 Å². The second-order valence-electron chi connectivity index (χ2n) is 27.8. The maximum atomic E-state index is 12.6. The molecule has 0 rings (SSSR count). The highest BCUT2D eigenvalue weighted by atomic mass is 16.5. The van der Waals surface area contributed by atoms with Crippen LogP contribution in [-0.2, 0) is 14.3 Å². The molecule has 2 unspecified atom stereocenters. The van der Waals surface area contributed by atoms with Gasteiger partial charge in [0.1, 0.15) is 0 Å². The van der Waals surface area contributed by atoms with Gasteiger partial charge in [0.05, 0.1) is 25.4 Å². The largest absolute Gasteiger partial charge is 0.466 e. The zero-order valence-corrected chi connectivity index (χ0v) is 59.7. The molecule has 0 spiro atoms. The molecule has 0 aromatic carbocycles. The Bertz CT molecular complexity index is 1430. The van der Waals surface area contributed by atoms with E-state index in [0.717, 1.165) is 44.9 Å². The van der Waals surface area contributed by atoms with Crippen LogP contribution in [0.1, 0.15) is 450 Å². The summed E-state index contributed by atoms with van der Waals surface area (Å²) in [6.07, 6.45) is 101. The van der Waals surface area contributed by atoms with Crippen molar-refractivity contribution in [2.75, 3.05) is 13.2 Å². The molecule has 0 saturated heterocycles. The Morgan fingerprint density at radius 2 is 0.568 bits per heavy atom. The lowest BCUT2D eigenvalue weighted by atomic mass is 10.0. The molecular weight excluding hydrogens is 1080 g/mol. The van der Waals surface area contributed by atoms with Gasteiger partial charge in [0.15, 0.2) is 0 Å². The number of hydrogen-bond donors (Lipinski definition) is 3. The number of ether oxygens (including phenoxy) is 1. The molecule has 6 nitrogen and oxygen atoms in total. The smallest absolute Gasteiger partial charge is 0.305 e. The Labute approximate surface area is 551 Å². The van der Waals surface area contributed by atoms with Crippen molar-refractivity contribution >= 4 is 11.9 Å². The third kappa shape index (κ3) is 73.1.